The van der Waals surface area contributed by atoms with Crippen LogP contribution in [0.25, 0.3) is 22.7 Å². The number of fused-ring (bicyclic) bond motifs is 3. The molecular formula is C67H84ClN11O11S3. The second-order valence-corrected chi connectivity index (χ2v) is 27.0. The van der Waals surface area contributed by atoms with Crippen LogP contribution in [0.3, 0.4) is 0 Å². The largest absolute Gasteiger partial charge is 0.492 e. The summed E-state index contributed by atoms with van der Waals surface area (Å²) in [5.41, 5.74) is 17.2. The number of unbranched alkanes of at least 4 members (excludes halogenated alkanes) is 1. The van der Waals surface area contributed by atoms with Crippen molar-refractivity contribution in [3.8, 4) is 0 Å². The van der Waals surface area contributed by atoms with E-state index in [1.165, 1.54) is 29.2 Å². The number of aliphatic hydroxyl groups is 3. The lowest BCUT2D eigenvalue weighted by molar-refractivity contribution is -0.136. The van der Waals surface area contributed by atoms with Gasteiger partial charge in [0.25, 0.3) is 0 Å². The Hall–Kier alpha value is -7.43. The SMILES string of the molecule is CC(O)[C@@H]1NC(=O)[C@H](CCCCN)NC(=O)[C@@H](Cc2c[nH]c3ccccc23)NC(=O)[C@H](Cc2ccccc2)NC(=O)[C@@H](NC(=O)[C@H](N)Cc2ccccc2)CSSC[C@@H](C(=O)N[C@H](CO)[C@@H](C)O)NC1=O.CN(C)CCOC1=Cc2ccccc2Sc2ccc(Cl)cc21. The molecule has 26 heteroatoms. The van der Waals surface area contributed by atoms with Crippen LogP contribution in [0.15, 0.2) is 143 Å². The van der Waals surface area contributed by atoms with Crippen LogP contribution >= 0.6 is 45.0 Å². The van der Waals surface area contributed by atoms with Gasteiger partial charge in [0.2, 0.25) is 41.4 Å². The van der Waals surface area contributed by atoms with Crippen LogP contribution in [0.4, 0.5) is 0 Å². The topological polar surface area (TPSA) is 345 Å². The number of likely N-dealkylation sites (N-methyl/N-ethyl adjacent to an activating group) is 1. The first-order valence-electron chi connectivity index (χ1n) is 30.7. The highest BCUT2D eigenvalue weighted by atomic mass is 35.5. The first-order valence-corrected chi connectivity index (χ1v) is 34.4. The molecule has 5 aromatic carbocycles. The second-order valence-electron chi connectivity index (χ2n) is 22.9. The number of carbonyl (C=O) groups excluding carboxylic acids is 7. The summed E-state index contributed by atoms with van der Waals surface area (Å²) in [5, 5.41) is 51.2. The number of halogens is 1. The zero-order chi connectivity index (χ0) is 67.0. The molecule has 2 aliphatic heterocycles. The number of rotatable bonds is 21. The number of ether oxygens (including phenoxy) is 1. The number of nitrogens with two attached hydrogens (primary N) is 2. The number of para-hydroxylation sites is 1. The van der Waals surface area contributed by atoms with Gasteiger partial charge in [-0.25, -0.2) is 0 Å². The summed E-state index contributed by atoms with van der Waals surface area (Å²) in [4.78, 5) is 107. The first-order chi connectivity index (χ1) is 44.7. The molecule has 1 saturated heterocycles. The molecule has 1 fully saturated rings. The van der Waals surface area contributed by atoms with Crippen LogP contribution in [0, 0.1) is 0 Å². The summed E-state index contributed by atoms with van der Waals surface area (Å²) in [6, 6.07) is 28.9. The van der Waals surface area contributed by atoms with E-state index in [1.54, 1.807) is 72.6 Å². The Morgan fingerprint density at radius 3 is 2.05 bits per heavy atom. The van der Waals surface area contributed by atoms with Crippen molar-refractivity contribution in [1.82, 2.24) is 47.1 Å². The number of hydrogen-bond acceptors (Lipinski definition) is 17. The molecule has 0 spiro atoms. The summed E-state index contributed by atoms with van der Waals surface area (Å²) < 4.78 is 6.06. The normalized spacial score (nSPS) is 20.5. The van der Waals surface area contributed by atoms with Gasteiger partial charge in [-0.15, -0.1) is 0 Å². The van der Waals surface area contributed by atoms with Crippen LogP contribution < -0.4 is 48.7 Å². The van der Waals surface area contributed by atoms with E-state index >= 15 is 0 Å². The summed E-state index contributed by atoms with van der Waals surface area (Å²) in [7, 11) is 6.14. The van der Waals surface area contributed by atoms with Gasteiger partial charge < -0.3 is 78.6 Å². The van der Waals surface area contributed by atoms with Crippen molar-refractivity contribution in [3.63, 3.8) is 0 Å². The molecule has 93 heavy (non-hydrogen) atoms. The highest BCUT2D eigenvalue weighted by molar-refractivity contribution is 8.76. The van der Waals surface area contributed by atoms with Crippen molar-refractivity contribution in [2.45, 2.75) is 123 Å². The van der Waals surface area contributed by atoms with Crippen molar-refractivity contribution in [2.75, 3.05) is 51.9 Å². The number of benzene rings is 5. The third-order valence-electron chi connectivity index (χ3n) is 15.3. The van der Waals surface area contributed by atoms with E-state index in [0.29, 0.717) is 30.6 Å². The number of nitrogens with zero attached hydrogens (tertiary/aromatic N) is 1. The van der Waals surface area contributed by atoms with Crippen molar-refractivity contribution in [3.05, 3.63) is 166 Å². The molecule has 1 aromatic heterocycles. The lowest BCUT2D eigenvalue weighted by atomic mass is 10.0. The molecule has 2 aliphatic rings. The molecule has 3 heterocycles. The van der Waals surface area contributed by atoms with E-state index < -0.39 is 108 Å². The number of nitrogens with one attached hydrogen (secondary N) is 8. The lowest BCUT2D eigenvalue weighted by Gasteiger charge is -2.29. The molecule has 0 radical (unpaired) electrons. The molecule has 15 N–H and O–H groups in total. The minimum Gasteiger partial charge on any atom is -0.492 e. The number of amides is 7. The average Bonchev–Trinajstić information content (AvgIpc) is 1.73. The molecular weight excluding hydrogens is 1270 g/mol. The maximum absolute atomic E-state index is 14.7. The molecule has 8 rings (SSSR count). The molecule has 22 nitrogen and oxygen atoms in total. The number of H-pyrrole nitrogens is 1. The van der Waals surface area contributed by atoms with E-state index in [9.17, 15) is 48.9 Å². The minimum absolute atomic E-state index is 0.0340. The van der Waals surface area contributed by atoms with Crippen LogP contribution in [-0.2, 0) is 57.6 Å². The highest BCUT2D eigenvalue weighted by Crippen LogP contribution is 2.41. The average molecular weight is 1350 g/mol. The van der Waals surface area contributed by atoms with Crippen LogP contribution in [0.2, 0.25) is 5.02 Å². The molecule has 1 unspecified atom stereocenters. The summed E-state index contributed by atoms with van der Waals surface area (Å²) in [6.07, 6.45) is 1.96. The van der Waals surface area contributed by atoms with Gasteiger partial charge in [-0.2, -0.15) is 0 Å². The highest BCUT2D eigenvalue weighted by Gasteiger charge is 2.37. The van der Waals surface area contributed by atoms with E-state index in [1.807, 2.05) is 56.6 Å². The van der Waals surface area contributed by atoms with E-state index in [0.717, 1.165) is 60.9 Å². The molecule has 10 atom stereocenters. The predicted molar refractivity (Wildman–Crippen MR) is 366 cm³/mol. The molecule has 7 amide bonds. The Bertz CT molecular complexity index is 3490. The zero-order valence-corrected chi connectivity index (χ0v) is 55.6. The quantitative estimate of drug-likeness (QED) is 0.0357. The van der Waals surface area contributed by atoms with Crippen molar-refractivity contribution in [1.29, 1.82) is 0 Å². The van der Waals surface area contributed by atoms with Gasteiger partial charge in [0.05, 0.1) is 30.9 Å². The Kier molecular flexibility index (Phi) is 28.9. The second kappa shape index (κ2) is 36.9. The fourth-order valence-electron chi connectivity index (χ4n) is 10.00. The van der Waals surface area contributed by atoms with Gasteiger partial charge in [-0.3, -0.25) is 33.6 Å². The van der Waals surface area contributed by atoms with E-state index in [4.69, 9.17) is 27.8 Å². The molecule has 0 saturated carbocycles. The fraction of sp³-hybridized carbons (Fsp3) is 0.388. The Balaban J connectivity index is 0.000000464. The fourth-order valence-corrected chi connectivity index (χ4v) is 13.5. The summed E-state index contributed by atoms with van der Waals surface area (Å²) in [5.74, 6) is -5.12. The number of aliphatic hydroxyl groups excluding tert-OH is 3. The van der Waals surface area contributed by atoms with E-state index in [-0.39, 0.29) is 43.7 Å². The number of hydrogen-bond donors (Lipinski definition) is 13. The molecule has 6 aromatic rings. The maximum atomic E-state index is 14.7. The summed E-state index contributed by atoms with van der Waals surface area (Å²) in [6.45, 7) is 3.75. The van der Waals surface area contributed by atoms with Crippen LogP contribution in [0.1, 0.15) is 60.9 Å². The Morgan fingerprint density at radius 2 is 1.37 bits per heavy atom. The summed E-state index contributed by atoms with van der Waals surface area (Å²) >= 11 is 7.95. The number of aromatic nitrogens is 1. The number of aromatic amines is 1. The van der Waals surface area contributed by atoms with Crippen LogP contribution in [0.5, 0.6) is 0 Å². The van der Waals surface area contributed by atoms with Gasteiger partial charge in [0.15, 0.2) is 0 Å². The first kappa shape index (κ1) is 73.0. The Morgan fingerprint density at radius 1 is 0.731 bits per heavy atom. The maximum Gasteiger partial charge on any atom is 0.245 e. The van der Waals surface area contributed by atoms with Gasteiger partial charge in [0.1, 0.15) is 48.6 Å². The Labute approximate surface area is 559 Å². The zero-order valence-electron chi connectivity index (χ0n) is 52.4. The smallest absolute Gasteiger partial charge is 0.245 e. The van der Waals surface area contributed by atoms with Gasteiger partial charge in [-0.1, -0.05) is 142 Å². The van der Waals surface area contributed by atoms with Crippen molar-refractivity contribution >= 4 is 109 Å². The van der Waals surface area contributed by atoms with Gasteiger partial charge >= 0.3 is 0 Å². The number of carbonyl (C=O) groups is 7. The molecule has 0 bridgehead atoms. The van der Waals surface area contributed by atoms with E-state index in [2.05, 4.69) is 83.5 Å². The van der Waals surface area contributed by atoms with Crippen molar-refractivity contribution < 1.29 is 53.6 Å². The molecule has 0 aliphatic carbocycles. The van der Waals surface area contributed by atoms with Crippen LogP contribution in [-0.4, -0.2) is 179 Å². The minimum atomic E-state index is -1.66. The predicted octanol–water partition coefficient (Wildman–Crippen LogP) is 4.08. The third kappa shape index (κ3) is 22.4. The van der Waals surface area contributed by atoms with Gasteiger partial charge in [0, 0.05) is 68.4 Å². The van der Waals surface area contributed by atoms with Gasteiger partial charge in [-0.05, 0) is 119 Å². The standard InChI is InChI=1S/C49H66N10O10S2.C18H18ClNOS/c1-28(61)39(25-60)56-48(68)41-27-71-70-26-40(57-43(63)34(51)21-30-13-5-3-6-14-30)47(67)54-37(22-31-15-7-4-8-16-31)45(65)55-38(23-32-24-52-35-18-10-9-17-33(32)35)46(66)53-36(19-11-12-20-50)44(64)59-42(29(2)62)49(69)58-41;1-20(2)9-10-21-16-11-13-5-3-4-6-17(13)22-18-8-7-14(19)12-15(16)18/h3-10,13-18,24,28-29,34,36-42,52,60-62H,11-12,19-23,25-27,50-51H2,1-2H3,(H,53,66)(H,54,67)(H,55,65)(H,56,68)(H,57,63)(H,58,69)(H,59,64);3-8,11-12H,9-10H2,1-2H3/t28-,29?,34-,36+,37+,38-,39-,40+,41+,42+;/m1./s1. The third-order valence-corrected chi connectivity index (χ3v) is 19.1. The molecule has 498 valence electrons. The monoisotopic (exact) mass is 1350 g/mol. The lowest BCUT2D eigenvalue weighted by Crippen LogP contribution is -2.62. The van der Waals surface area contributed by atoms with Crippen molar-refractivity contribution in [2.24, 2.45) is 11.5 Å².